The molecule has 1 aliphatic heterocycles. The van der Waals surface area contributed by atoms with Crippen LogP contribution in [0.15, 0.2) is 36.5 Å². The first-order valence-corrected chi connectivity index (χ1v) is 12.5. The van der Waals surface area contributed by atoms with Crippen molar-refractivity contribution in [3.63, 3.8) is 0 Å². The number of carbonyl (C=O) groups is 1. The fourth-order valence-corrected chi connectivity index (χ4v) is 4.57. The van der Waals surface area contributed by atoms with E-state index in [9.17, 15) is 44.3 Å². The number of anilines is 3. The fourth-order valence-electron chi connectivity index (χ4n) is 4.29. The van der Waals surface area contributed by atoms with E-state index >= 15 is 0 Å². The number of aromatic nitrogens is 3. The van der Waals surface area contributed by atoms with E-state index in [0.717, 1.165) is 24.4 Å². The third-order valence-corrected chi connectivity index (χ3v) is 6.44. The van der Waals surface area contributed by atoms with Crippen LogP contribution in [0.2, 0.25) is 5.02 Å². The monoisotopic (exact) mass is 643 g/mol. The molecule has 43 heavy (non-hydrogen) atoms. The van der Waals surface area contributed by atoms with Crippen LogP contribution in [0.5, 0.6) is 0 Å². The van der Waals surface area contributed by atoms with Crippen LogP contribution in [-0.2, 0) is 46.2 Å². The molecule has 0 spiro atoms. The van der Waals surface area contributed by atoms with E-state index in [1.54, 1.807) is 0 Å². The lowest BCUT2D eigenvalue weighted by atomic mass is 10.1. The highest BCUT2D eigenvalue weighted by Gasteiger charge is 2.44. The zero-order valence-electron chi connectivity index (χ0n) is 21.7. The topological polar surface area (TPSA) is 80.7 Å². The minimum absolute atomic E-state index is 0.0536. The van der Waals surface area contributed by atoms with Gasteiger partial charge in [0, 0.05) is 38.4 Å². The summed E-state index contributed by atoms with van der Waals surface area (Å²) in [5, 5.41) is -0.657. The van der Waals surface area contributed by atoms with Gasteiger partial charge in [-0.1, -0.05) is 11.6 Å². The molecule has 3 heterocycles. The van der Waals surface area contributed by atoms with E-state index in [4.69, 9.17) is 16.3 Å². The van der Waals surface area contributed by atoms with Crippen LogP contribution in [0.1, 0.15) is 28.2 Å². The number of hydrogen-bond acceptors (Lipinski definition) is 8. The average Bonchev–Trinajstić information content (AvgIpc) is 3.12. The summed E-state index contributed by atoms with van der Waals surface area (Å²) in [6.45, 7) is -0.524. The Morgan fingerprint density at radius 2 is 1.65 bits per heavy atom. The first-order valence-electron chi connectivity index (χ1n) is 12.1. The Bertz CT molecular complexity index is 1500. The number of rotatable bonds is 6. The second kappa shape index (κ2) is 12.0. The summed E-state index contributed by atoms with van der Waals surface area (Å²) < 4.78 is 126. The third-order valence-electron chi connectivity index (χ3n) is 6.12. The van der Waals surface area contributed by atoms with Crippen LogP contribution in [0.4, 0.5) is 56.8 Å². The van der Waals surface area contributed by atoms with Gasteiger partial charge in [-0.05, 0) is 36.8 Å². The first-order chi connectivity index (χ1) is 20.0. The summed E-state index contributed by atoms with van der Waals surface area (Å²) in [4.78, 5) is 30.2. The molecule has 0 bridgehead atoms. The molecule has 0 saturated carbocycles. The molecule has 0 amide bonds. The highest BCUT2D eigenvalue weighted by atomic mass is 35.5. The van der Waals surface area contributed by atoms with E-state index in [-0.39, 0.29) is 54.7 Å². The minimum atomic E-state index is -5.53. The SMILES string of the molecule is COCc1nc2c(c(N(OC(=O)C(F)(F)F)c3ccc(C(F)(F)F)c(Cl)c3)n1)CCN(c1ncccc1C(F)(F)F)CC2. The van der Waals surface area contributed by atoms with Crippen LogP contribution in [0, 0.1) is 0 Å². The average molecular weight is 644 g/mol. The molecule has 0 atom stereocenters. The minimum Gasteiger partial charge on any atom is -0.377 e. The molecule has 2 aromatic heterocycles. The Morgan fingerprint density at radius 3 is 2.26 bits per heavy atom. The van der Waals surface area contributed by atoms with Crippen LogP contribution in [0.3, 0.4) is 0 Å². The van der Waals surface area contributed by atoms with Crippen LogP contribution in [-0.4, -0.2) is 47.3 Å². The van der Waals surface area contributed by atoms with Crippen molar-refractivity contribution >= 4 is 34.9 Å². The summed E-state index contributed by atoms with van der Waals surface area (Å²) in [5.41, 5.74) is -2.65. The van der Waals surface area contributed by atoms with Crippen molar-refractivity contribution in [3.05, 3.63) is 69.8 Å². The van der Waals surface area contributed by atoms with Gasteiger partial charge in [-0.15, -0.1) is 0 Å². The highest BCUT2D eigenvalue weighted by Crippen LogP contribution is 2.40. The maximum atomic E-state index is 13.7. The summed E-state index contributed by atoms with van der Waals surface area (Å²) in [6.07, 6.45) is -14.3. The van der Waals surface area contributed by atoms with Gasteiger partial charge in [-0.25, -0.2) is 19.7 Å². The molecule has 0 aliphatic carbocycles. The lowest BCUT2D eigenvalue weighted by Gasteiger charge is -2.26. The number of carbonyl (C=O) groups excluding carboxylic acids is 1. The molecule has 3 aromatic rings. The molecule has 0 radical (unpaired) electrons. The predicted molar refractivity (Wildman–Crippen MR) is 132 cm³/mol. The van der Waals surface area contributed by atoms with Crippen LogP contribution >= 0.6 is 11.6 Å². The Kier molecular flexibility index (Phi) is 8.97. The molecule has 18 heteroatoms. The van der Waals surface area contributed by atoms with Gasteiger partial charge in [0.15, 0.2) is 11.6 Å². The predicted octanol–water partition coefficient (Wildman–Crippen LogP) is 6.47. The van der Waals surface area contributed by atoms with E-state index in [1.165, 1.54) is 12.0 Å². The van der Waals surface area contributed by atoms with Crippen LogP contribution in [0.25, 0.3) is 0 Å². The van der Waals surface area contributed by atoms with Gasteiger partial charge in [-0.3, -0.25) is 0 Å². The second-order valence-corrected chi connectivity index (χ2v) is 9.42. The van der Waals surface area contributed by atoms with Gasteiger partial charge in [0.2, 0.25) is 0 Å². The Hall–Kier alpha value is -3.86. The number of hydrogen-bond donors (Lipinski definition) is 0. The Balaban J connectivity index is 1.84. The largest absolute Gasteiger partial charge is 0.493 e. The Labute approximate surface area is 242 Å². The zero-order chi connectivity index (χ0) is 31.7. The number of benzene rings is 1. The van der Waals surface area contributed by atoms with E-state index in [1.807, 2.05) is 0 Å². The summed E-state index contributed by atoms with van der Waals surface area (Å²) >= 11 is 5.79. The number of halogens is 10. The molecule has 0 unspecified atom stereocenters. The maximum absolute atomic E-state index is 13.7. The van der Waals surface area contributed by atoms with Crippen molar-refractivity contribution in [2.24, 2.45) is 0 Å². The van der Waals surface area contributed by atoms with Gasteiger partial charge < -0.3 is 14.5 Å². The standard InChI is InChI=1S/C25H19ClF9N5O3/c1-42-12-19-37-18-7-10-39(21-16(24(30,31)32)3-2-8-36-21)9-6-14(18)20(38-19)40(43-22(41)25(33,34)35)13-4-5-15(17(26)11-13)23(27,28)29/h2-5,8,11H,6-7,9-10,12H2,1H3. The molecule has 232 valence electrons. The number of fused-ring (bicyclic) bond motifs is 1. The number of nitrogens with zero attached hydrogens (tertiary/aromatic N) is 5. The number of alkyl halides is 9. The molecule has 1 aliphatic rings. The number of ether oxygens (including phenoxy) is 1. The molecule has 0 saturated heterocycles. The first kappa shape index (κ1) is 32.1. The highest BCUT2D eigenvalue weighted by molar-refractivity contribution is 6.31. The van der Waals surface area contributed by atoms with Crippen molar-refractivity contribution in [1.82, 2.24) is 15.0 Å². The van der Waals surface area contributed by atoms with Crippen molar-refractivity contribution < 1.29 is 53.9 Å². The molecule has 0 N–H and O–H groups in total. The Morgan fingerprint density at radius 1 is 0.977 bits per heavy atom. The van der Waals surface area contributed by atoms with Crippen molar-refractivity contribution in [1.29, 1.82) is 0 Å². The lowest BCUT2D eigenvalue weighted by Crippen LogP contribution is -2.34. The van der Waals surface area contributed by atoms with E-state index < -0.39 is 58.0 Å². The molecular formula is C25H19ClF9N5O3. The second-order valence-electron chi connectivity index (χ2n) is 9.01. The third kappa shape index (κ3) is 7.21. The van der Waals surface area contributed by atoms with E-state index in [0.29, 0.717) is 12.1 Å². The van der Waals surface area contributed by atoms with Crippen molar-refractivity contribution in [3.8, 4) is 0 Å². The lowest BCUT2D eigenvalue weighted by molar-refractivity contribution is -0.199. The molecule has 8 nitrogen and oxygen atoms in total. The van der Waals surface area contributed by atoms with Crippen molar-refractivity contribution in [2.75, 3.05) is 30.2 Å². The summed E-state index contributed by atoms with van der Waals surface area (Å²) in [7, 11) is 1.26. The molecule has 4 rings (SSSR count). The normalized spacial score (nSPS) is 14.3. The maximum Gasteiger partial charge on any atom is 0.493 e. The summed E-state index contributed by atoms with van der Waals surface area (Å²) in [6, 6.07) is 3.78. The molecule has 1 aromatic carbocycles. The van der Waals surface area contributed by atoms with Gasteiger partial charge in [-0.2, -0.15) is 44.6 Å². The molecule has 0 fully saturated rings. The zero-order valence-corrected chi connectivity index (χ0v) is 22.5. The van der Waals surface area contributed by atoms with Crippen molar-refractivity contribution in [2.45, 2.75) is 38.0 Å². The van der Waals surface area contributed by atoms with Gasteiger partial charge in [0.25, 0.3) is 0 Å². The molecular weight excluding hydrogens is 625 g/mol. The number of methoxy groups -OCH3 is 1. The number of pyridine rings is 1. The summed E-state index contributed by atoms with van der Waals surface area (Å²) in [5.74, 6) is -3.74. The van der Waals surface area contributed by atoms with Gasteiger partial charge >= 0.3 is 24.5 Å². The van der Waals surface area contributed by atoms with Crippen LogP contribution < -0.4 is 9.96 Å². The smallest absolute Gasteiger partial charge is 0.377 e. The van der Waals surface area contributed by atoms with E-state index in [2.05, 4.69) is 19.8 Å². The van der Waals surface area contributed by atoms with Gasteiger partial charge in [0.1, 0.15) is 12.4 Å². The van der Waals surface area contributed by atoms with Gasteiger partial charge in [0.05, 0.1) is 27.5 Å². The quantitative estimate of drug-likeness (QED) is 0.223. The fraction of sp³-hybridized carbons (Fsp3) is 0.360.